The highest BCUT2D eigenvalue weighted by Crippen LogP contribution is 2.21. The van der Waals surface area contributed by atoms with Crippen molar-refractivity contribution >= 4 is 31.7 Å². The highest BCUT2D eigenvalue weighted by Gasteiger charge is 2.17. The first-order valence-electron chi connectivity index (χ1n) is 5.08. The molecule has 0 aliphatic heterocycles. The molecule has 1 amide bonds. The van der Waals surface area contributed by atoms with E-state index in [1.54, 1.807) is 13.0 Å². The van der Waals surface area contributed by atoms with Crippen LogP contribution in [-0.4, -0.2) is 23.0 Å². The predicted molar refractivity (Wildman–Crippen MR) is 69.7 cm³/mol. The maximum atomic E-state index is 11.8. The molecular formula is C11H12INO5. The minimum absolute atomic E-state index is 0.0155. The van der Waals surface area contributed by atoms with E-state index in [0.717, 1.165) is 0 Å². The third kappa shape index (κ3) is 4.06. The third-order valence-electron chi connectivity index (χ3n) is 2.14. The van der Waals surface area contributed by atoms with Gasteiger partial charge in [0.1, 0.15) is 0 Å². The molecule has 1 atom stereocenters. The molecule has 18 heavy (non-hydrogen) atoms. The number of hydrogen-bond acceptors (Lipinski definition) is 4. The average molecular weight is 365 g/mol. The molecule has 98 valence electrons. The molecule has 0 saturated heterocycles. The minimum atomic E-state index is -3.75. The lowest BCUT2D eigenvalue weighted by Gasteiger charge is -2.12. The van der Waals surface area contributed by atoms with E-state index in [1.165, 1.54) is 18.2 Å². The van der Waals surface area contributed by atoms with Crippen LogP contribution in [0.1, 0.15) is 23.7 Å². The number of carboxylic acid groups (broad SMARTS) is 1. The second-order valence-corrected chi connectivity index (χ2v) is 6.07. The second-order valence-electron chi connectivity index (χ2n) is 3.67. The zero-order valence-electron chi connectivity index (χ0n) is 9.55. The Morgan fingerprint density at radius 2 is 1.94 bits per heavy atom. The first kappa shape index (κ1) is 14.6. The van der Waals surface area contributed by atoms with Crippen LogP contribution in [0.25, 0.3) is 0 Å². The molecule has 0 aliphatic rings. The Bertz CT molecular complexity index is 530. The molecule has 0 aliphatic carbocycles. The SMILES string of the molecule is CC(CC(=O)O)NC(=O)c1ccccc1I(=O)=O. The highest BCUT2D eigenvalue weighted by atomic mass is 127. The normalized spacial score (nSPS) is 12.1. The maximum absolute atomic E-state index is 11.8. The summed E-state index contributed by atoms with van der Waals surface area (Å²) in [6, 6.07) is 5.29. The van der Waals surface area contributed by atoms with Crippen molar-refractivity contribution in [1.82, 2.24) is 5.32 Å². The van der Waals surface area contributed by atoms with Gasteiger partial charge < -0.3 is 10.4 Å². The van der Waals surface area contributed by atoms with Crippen LogP contribution in [0.15, 0.2) is 24.3 Å². The second kappa shape index (κ2) is 6.43. The number of aliphatic carboxylic acids is 1. The molecule has 0 aromatic heterocycles. The molecule has 1 aromatic carbocycles. The van der Waals surface area contributed by atoms with Gasteiger partial charge in [-0.1, -0.05) is 12.1 Å². The van der Waals surface area contributed by atoms with E-state index in [2.05, 4.69) is 5.32 Å². The Hall–Kier alpha value is -1.51. The van der Waals surface area contributed by atoms with Crippen LogP contribution >= 0.6 is 19.8 Å². The first-order chi connectivity index (χ1) is 8.41. The number of rotatable bonds is 5. The van der Waals surface area contributed by atoms with E-state index in [1.807, 2.05) is 0 Å². The summed E-state index contributed by atoms with van der Waals surface area (Å²) >= 11 is -3.75. The van der Waals surface area contributed by atoms with Crippen LogP contribution in [0, 0.1) is 3.57 Å². The van der Waals surface area contributed by atoms with Gasteiger partial charge in [-0.3, -0.25) is 9.59 Å². The molecule has 0 saturated carbocycles. The quantitative estimate of drug-likeness (QED) is 0.773. The molecule has 1 unspecified atom stereocenters. The Kier molecular flexibility index (Phi) is 5.20. The van der Waals surface area contributed by atoms with E-state index in [0.29, 0.717) is 0 Å². The monoisotopic (exact) mass is 365 g/mol. The van der Waals surface area contributed by atoms with Gasteiger partial charge >= 0.3 is 25.8 Å². The molecule has 1 rings (SSSR count). The smallest absolute Gasteiger partial charge is 0.341 e. The highest BCUT2D eigenvalue weighted by molar-refractivity contribution is 14.2. The molecule has 2 N–H and O–H groups in total. The van der Waals surface area contributed by atoms with Crippen LogP contribution in [0.4, 0.5) is 0 Å². The van der Waals surface area contributed by atoms with Crippen molar-refractivity contribution in [2.24, 2.45) is 0 Å². The summed E-state index contributed by atoms with van der Waals surface area (Å²) < 4.78 is 22.1. The van der Waals surface area contributed by atoms with Crippen molar-refractivity contribution in [3.8, 4) is 0 Å². The molecule has 7 heteroatoms. The predicted octanol–water partition coefficient (Wildman–Crippen LogP) is 1.65. The third-order valence-corrected chi connectivity index (χ3v) is 4.03. The Morgan fingerprint density at radius 1 is 1.33 bits per heavy atom. The van der Waals surface area contributed by atoms with Crippen molar-refractivity contribution in [1.29, 1.82) is 0 Å². The van der Waals surface area contributed by atoms with E-state index in [4.69, 9.17) is 5.11 Å². The number of carboxylic acids is 1. The topological polar surface area (TPSA) is 101 Å². The van der Waals surface area contributed by atoms with Gasteiger partial charge in [-0.05, 0) is 19.1 Å². The van der Waals surface area contributed by atoms with Crippen LogP contribution in [-0.2, 0) is 10.9 Å². The summed E-state index contributed by atoms with van der Waals surface area (Å²) in [5.74, 6) is -1.61. The largest absolute Gasteiger partial charge is 0.481 e. The number of carbonyl (C=O) groups excluding carboxylic acids is 1. The summed E-state index contributed by atoms with van der Waals surface area (Å²) in [7, 11) is 0. The van der Waals surface area contributed by atoms with Gasteiger partial charge in [0.05, 0.1) is 15.6 Å². The molecule has 6 nitrogen and oxygen atoms in total. The summed E-state index contributed by atoms with van der Waals surface area (Å²) in [5, 5.41) is 11.0. The summed E-state index contributed by atoms with van der Waals surface area (Å²) in [5.41, 5.74) is 0.0601. The van der Waals surface area contributed by atoms with Crippen molar-refractivity contribution in [3.05, 3.63) is 33.4 Å². The molecule has 0 fully saturated rings. The molecule has 1 aromatic rings. The van der Waals surface area contributed by atoms with Crippen LogP contribution in [0.3, 0.4) is 0 Å². The fourth-order valence-electron chi connectivity index (χ4n) is 1.39. The molecule has 0 bridgehead atoms. The number of hydrogen-bond donors (Lipinski definition) is 2. The van der Waals surface area contributed by atoms with Crippen molar-refractivity contribution < 1.29 is 20.8 Å². The Labute approximate surface area is 111 Å². The minimum Gasteiger partial charge on any atom is -0.481 e. The van der Waals surface area contributed by atoms with Crippen LogP contribution in [0.2, 0.25) is 0 Å². The van der Waals surface area contributed by atoms with Gasteiger partial charge in [-0.25, -0.2) is 6.14 Å². The maximum Gasteiger partial charge on any atom is 0.341 e. The summed E-state index contributed by atoms with van der Waals surface area (Å²) in [6.45, 7) is 1.54. The Morgan fingerprint density at radius 3 is 2.50 bits per heavy atom. The molecule has 0 radical (unpaired) electrons. The van der Waals surface area contributed by atoms with E-state index < -0.39 is 37.7 Å². The van der Waals surface area contributed by atoms with E-state index in [9.17, 15) is 15.7 Å². The van der Waals surface area contributed by atoms with Crippen molar-refractivity contribution in [2.45, 2.75) is 19.4 Å². The fraction of sp³-hybridized carbons (Fsp3) is 0.273. The summed E-state index contributed by atoms with van der Waals surface area (Å²) in [4.78, 5) is 22.3. The van der Waals surface area contributed by atoms with E-state index in [-0.39, 0.29) is 15.6 Å². The van der Waals surface area contributed by atoms with Gasteiger partial charge in [0.25, 0.3) is 5.91 Å². The number of halogens is 1. The van der Waals surface area contributed by atoms with Crippen LogP contribution in [0.5, 0.6) is 0 Å². The van der Waals surface area contributed by atoms with Crippen molar-refractivity contribution in [2.75, 3.05) is 0 Å². The molecule has 0 heterocycles. The number of benzene rings is 1. The van der Waals surface area contributed by atoms with Gasteiger partial charge in [0, 0.05) is 6.04 Å². The number of nitrogens with one attached hydrogen (secondary N) is 1. The zero-order chi connectivity index (χ0) is 13.7. The summed E-state index contributed by atoms with van der Waals surface area (Å²) in [6.07, 6.45) is -0.217. The van der Waals surface area contributed by atoms with Crippen LogP contribution < -0.4 is 5.32 Å². The van der Waals surface area contributed by atoms with E-state index >= 15 is 0 Å². The Balaban J connectivity index is 2.88. The zero-order valence-corrected chi connectivity index (χ0v) is 11.7. The van der Waals surface area contributed by atoms with Crippen molar-refractivity contribution in [3.63, 3.8) is 0 Å². The lowest BCUT2D eigenvalue weighted by molar-refractivity contribution is -0.137. The molecular weight excluding hydrogens is 353 g/mol. The fourth-order valence-corrected chi connectivity index (χ4v) is 2.79. The lowest BCUT2D eigenvalue weighted by atomic mass is 10.2. The standard InChI is InChI=1S/C11H12INO5/c1-7(6-10(14)15)13-11(16)8-4-2-3-5-9(8)12(17)18/h2-5,7H,6H2,1H3,(H,13,16)(H,14,15). The van der Waals surface area contributed by atoms with Gasteiger partial charge in [0.15, 0.2) is 0 Å². The lowest BCUT2D eigenvalue weighted by Crippen LogP contribution is -2.34. The first-order valence-corrected chi connectivity index (χ1v) is 7.92. The number of amides is 1. The molecule has 0 spiro atoms. The van der Waals surface area contributed by atoms with Gasteiger partial charge in [-0.2, -0.15) is 0 Å². The van der Waals surface area contributed by atoms with Gasteiger partial charge in [0.2, 0.25) is 0 Å². The number of carbonyl (C=O) groups is 2. The van der Waals surface area contributed by atoms with Gasteiger partial charge in [-0.15, -0.1) is 0 Å². The average Bonchev–Trinajstić information content (AvgIpc) is 2.27.